The Morgan fingerprint density at radius 2 is 2.13 bits per heavy atom. The first-order valence-electron chi connectivity index (χ1n) is 5.23. The van der Waals surface area contributed by atoms with E-state index in [9.17, 15) is 9.59 Å². The number of nitrogens with two attached hydrogens (primary N) is 1. The number of carbonyl (C=O) groups is 2. The minimum absolute atomic E-state index is 0.274. The van der Waals surface area contributed by atoms with Gasteiger partial charge in [0.1, 0.15) is 0 Å². The van der Waals surface area contributed by atoms with Gasteiger partial charge < -0.3 is 15.7 Å². The third-order valence-electron chi connectivity index (χ3n) is 2.84. The molecule has 0 bridgehead atoms. The molecule has 1 unspecified atom stereocenters. The van der Waals surface area contributed by atoms with Gasteiger partial charge in [0.15, 0.2) is 0 Å². The second-order valence-corrected chi connectivity index (χ2v) is 4.22. The third kappa shape index (κ3) is 3.51. The first-order valence-corrected chi connectivity index (χ1v) is 5.23. The van der Waals surface area contributed by atoms with Crippen LogP contribution in [0.25, 0.3) is 0 Å². The molecule has 5 nitrogen and oxygen atoms in total. The summed E-state index contributed by atoms with van der Waals surface area (Å²) in [5.41, 5.74) is 5.48. The van der Waals surface area contributed by atoms with Crippen LogP contribution in [0.1, 0.15) is 25.7 Å². The summed E-state index contributed by atoms with van der Waals surface area (Å²) in [5, 5.41) is 8.50. The van der Waals surface area contributed by atoms with E-state index in [0.717, 1.165) is 12.8 Å². The minimum Gasteiger partial charge on any atom is -0.481 e. The van der Waals surface area contributed by atoms with Gasteiger partial charge in [0.2, 0.25) is 5.91 Å². The predicted molar refractivity (Wildman–Crippen MR) is 55.2 cm³/mol. The van der Waals surface area contributed by atoms with E-state index in [1.807, 2.05) is 0 Å². The molecule has 0 spiro atoms. The van der Waals surface area contributed by atoms with Crippen molar-refractivity contribution < 1.29 is 14.7 Å². The summed E-state index contributed by atoms with van der Waals surface area (Å²) < 4.78 is 0. The number of likely N-dealkylation sites (N-methyl/N-ethyl adjacent to an activating group) is 1. The second kappa shape index (κ2) is 5.11. The number of carbonyl (C=O) groups excluding carboxylic acids is 1. The molecular formula is C10H18N2O3. The quantitative estimate of drug-likeness (QED) is 0.677. The fourth-order valence-electron chi connectivity index (χ4n) is 1.71. The van der Waals surface area contributed by atoms with Crippen LogP contribution in [-0.2, 0) is 9.59 Å². The SMILES string of the molecule is CN(CC1CCC1)C(=O)C(N)CC(=O)O. The van der Waals surface area contributed by atoms with Crippen LogP contribution in [0, 0.1) is 5.92 Å². The molecule has 1 saturated carbocycles. The molecule has 15 heavy (non-hydrogen) atoms. The number of amides is 1. The first kappa shape index (κ1) is 12.0. The summed E-state index contributed by atoms with van der Waals surface area (Å²) in [5.74, 6) is -0.729. The molecule has 86 valence electrons. The van der Waals surface area contributed by atoms with Gasteiger partial charge in [-0.25, -0.2) is 0 Å². The van der Waals surface area contributed by atoms with Crippen LogP contribution in [0.15, 0.2) is 0 Å². The number of hydrogen-bond acceptors (Lipinski definition) is 3. The van der Waals surface area contributed by atoms with Gasteiger partial charge in [-0.1, -0.05) is 6.42 Å². The highest BCUT2D eigenvalue weighted by Crippen LogP contribution is 2.26. The summed E-state index contributed by atoms with van der Waals surface area (Å²) >= 11 is 0. The smallest absolute Gasteiger partial charge is 0.305 e. The summed E-state index contributed by atoms with van der Waals surface area (Å²) in [6.45, 7) is 0.701. The number of hydrogen-bond donors (Lipinski definition) is 2. The van der Waals surface area contributed by atoms with Crippen LogP contribution in [-0.4, -0.2) is 41.5 Å². The largest absolute Gasteiger partial charge is 0.481 e. The Morgan fingerprint density at radius 1 is 1.53 bits per heavy atom. The van der Waals surface area contributed by atoms with Gasteiger partial charge >= 0.3 is 5.97 Å². The van der Waals surface area contributed by atoms with Crippen LogP contribution < -0.4 is 5.73 Å². The molecule has 1 amide bonds. The molecule has 0 saturated heterocycles. The van der Waals surface area contributed by atoms with E-state index in [4.69, 9.17) is 10.8 Å². The van der Waals surface area contributed by atoms with Crippen molar-refractivity contribution in [3.8, 4) is 0 Å². The van der Waals surface area contributed by atoms with E-state index in [1.165, 1.54) is 6.42 Å². The zero-order valence-electron chi connectivity index (χ0n) is 8.98. The molecule has 1 rings (SSSR count). The molecule has 3 N–H and O–H groups in total. The van der Waals surface area contributed by atoms with Crippen molar-refractivity contribution in [2.24, 2.45) is 11.7 Å². The van der Waals surface area contributed by atoms with Gasteiger partial charge in [0.05, 0.1) is 12.5 Å². The standard InChI is InChI=1S/C10H18N2O3/c1-12(6-7-3-2-4-7)10(15)8(11)5-9(13)14/h7-8H,2-6,11H2,1H3,(H,13,14). The highest BCUT2D eigenvalue weighted by molar-refractivity contribution is 5.85. The zero-order chi connectivity index (χ0) is 11.4. The van der Waals surface area contributed by atoms with Crippen molar-refractivity contribution in [1.82, 2.24) is 4.90 Å². The minimum atomic E-state index is -1.03. The lowest BCUT2D eigenvalue weighted by Gasteiger charge is -2.31. The molecular weight excluding hydrogens is 196 g/mol. The molecule has 0 aromatic rings. The maximum Gasteiger partial charge on any atom is 0.305 e. The Morgan fingerprint density at radius 3 is 2.53 bits per heavy atom. The van der Waals surface area contributed by atoms with Crippen molar-refractivity contribution in [3.63, 3.8) is 0 Å². The lowest BCUT2D eigenvalue weighted by Crippen LogP contribution is -2.45. The van der Waals surface area contributed by atoms with Gasteiger partial charge in [-0.2, -0.15) is 0 Å². The molecule has 0 aromatic carbocycles. The van der Waals surface area contributed by atoms with Crippen LogP contribution in [0.5, 0.6) is 0 Å². The van der Waals surface area contributed by atoms with E-state index in [2.05, 4.69) is 0 Å². The third-order valence-corrected chi connectivity index (χ3v) is 2.84. The monoisotopic (exact) mass is 214 g/mol. The van der Waals surface area contributed by atoms with E-state index in [0.29, 0.717) is 12.5 Å². The van der Waals surface area contributed by atoms with Crippen LogP contribution in [0.2, 0.25) is 0 Å². The Hall–Kier alpha value is -1.10. The zero-order valence-corrected chi connectivity index (χ0v) is 8.98. The van der Waals surface area contributed by atoms with Crippen molar-refractivity contribution in [1.29, 1.82) is 0 Å². The highest BCUT2D eigenvalue weighted by atomic mass is 16.4. The lowest BCUT2D eigenvalue weighted by molar-refractivity contribution is -0.141. The van der Waals surface area contributed by atoms with Crippen molar-refractivity contribution in [2.45, 2.75) is 31.7 Å². The number of rotatable bonds is 5. The average Bonchev–Trinajstić information content (AvgIpc) is 2.08. The maximum atomic E-state index is 11.6. The highest BCUT2D eigenvalue weighted by Gasteiger charge is 2.25. The first-order chi connectivity index (χ1) is 7.00. The Balaban J connectivity index is 2.33. The van der Waals surface area contributed by atoms with Gasteiger partial charge in [-0.15, -0.1) is 0 Å². The molecule has 1 fully saturated rings. The fourth-order valence-corrected chi connectivity index (χ4v) is 1.71. The predicted octanol–water partition coefficient (Wildman–Crippen LogP) is 0.0469. The summed E-state index contributed by atoms with van der Waals surface area (Å²) in [7, 11) is 1.68. The second-order valence-electron chi connectivity index (χ2n) is 4.22. The number of carboxylic acids is 1. The average molecular weight is 214 g/mol. The molecule has 0 radical (unpaired) electrons. The number of nitrogens with zero attached hydrogens (tertiary/aromatic N) is 1. The fraction of sp³-hybridized carbons (Fsp3) is 0.800. The normalized spacial score (nSPS) is 18.0. The van der Waals surface area contributed by atoms with Crippen LogP contribution >= 0.6 is 0 Å². The van der Waals surface area contributed by atoms with Crippen molar-refractivity contribution >= 4 is 11.9 Å². The Bertz CT molecular complexity index is 251. The van der Waals surface area contributed by atoms with E-state index in [1.54, 1.807) is 11.9 Å². The summed E-state index contributed by atoms with van der Waals surface area (Å²) in [6, 6.07) is -0.910. The molecule has 1 aliphatic rings. The molecule has 0 aliphatic heterocycles. The van der Waals surface area contributed by atoms with Crippen molar-refractivity contribution in [3.05, 3.63) is 0 Å². The van der Waals surface area contributed by atoms with Gasteiger partial charge in [0.25, 0.3) is 0 Å². The van der Waals surface area contributed by atoms with Crippen LogP contribution in [0.4, 0.5) is 0 Å². The molecule has 0 aromatic heterocycles. The van der Waals surface area contributed by atoms with E-state index >= 15 is 0 Å². The molecule has 5 heteroatoms. The van der Waals surface area contributed by atoms with Gasteiger partial charge in [-0.3, -0.25) is 9.59 Å². The van der Waals surface area contributed by atoms with Gasteiger partial charge in [-0.05, 0) is 18.8 Å². The lowest BCUT2D eigenvalue weighted by atomic mass is 9.85. The van der Waals surface area contributed by atoms with E-state index in [-0.39, 0.29) is 12.3 Å². The number of carboxylic acid groups (broad SMARTS) is 1. The summed E-state index contributed by atoms with van der Waals surface area (Å²) in [6.07, 6.45) is 3.25. The number of aliphatic carboxylic acids is 1. The topological polar surface area (TPSA) is 83.6 Å². The molecule has 0 heterocycles. The molecule has 1 aliphatic carbocycles. The van der Waals surface area contributed by atoms with Crippen molar-refractivity contribution in [2.75, 3.05) is 13.6 Å². The Kier molecular flexibility index (Phi) is 4.08. The van der Waals surface area contributed by atoms with E-state index < -0.39 is 12.0 Å². The van der Waals surface area contributed by atoms with Crippen LogP contribution in [0.3, 0.4) is 0 Å². The van der Waals surface area contributed by atoms with Gasteiger partial charge in [0, 0.05) is 13.6 Å². The Labute approximate surface area is 89.2 Å². The summed E-state index contributed by atoms with van der Waals surface area (Å²) in [4.78, 5) is 23.5. The molecule has 1 atom stereocenters. The maximum absolute atomic E-state index is 11.6.